The lowest BCUT2D eigenvalue weighted by molar-refractivity contribution is -0.148. The van der Waals surface area contributed by atoms with Gasteiger partial charge in [-0.2, -0.15) is 0 Å². The fourth-order valence-electron chi connectivity index (χ4n) is 13.8. The lowest BCUT2D eigenvalue weighted by Gasteiger charge is -2.27. The van der Waals surface area contributed by atoms with E-state index < -0.39 is 243 Å². The number of aliphatic hydroxyl groups excluding tert-OH is 14. The molecule has 658 valence electrons. The van der Waals surface area contributed by atoms with Crippen LogP contribution in [-0.2, 0) is 60.8 Å². The number of H-pyrrole nitrogens is 1. The first-order valence-electron chi connectivity index (χ1n) is 39.7. The van der Waals surface area contributed by atoms with E-state index in [1.54, 1.807) is 54.6 Å². The van der Waals surface area contributed by atoms with Crippen LogP contribution in [0.5, 0.6) is 17.2 Å². The molecule has 1 saturated heterocycles. The van der Waals surface area contributed by atoms with E-state index in [0.29, 0.717) is 38.7 Å². The highest BCUT2D eigenvalue weighted by atomic mass is 16.5. The Hall–Kier alpha value is -14.5. The molecule has 1 aromatic heterocycles. The number of carbonyl (C=O) groups is 4. The van der Waals surface area contributed by atoms with Crippen LogP contribution in [0.3, 0.4) is 0 Å². The number of nitrogens with one attached hydrogen (secondary N) is 1. The molecule has 0 radical (unpaired) electrons. The van der Waals surface area contributed by atoms with Gasteiger partial charge in [0.2, 0.25) is 76.7 Å². The van der Waals surface area contributed by atoms with Gasteiger partial charge in [0.25, 0.3) is 0 Å². The maximum absolute atomic E-state index is 15.5. The summed E-state index contributed by atoms with van der Waals surface area (Å²) in [6.07, 6.45) is -5.76. The number of phenols is 3. The molecule has 4 aliphatic heterocycles. The summed E-state index contributed by atoms with van der Waals surface area (Å²) in [4.78, 5) is 122. The fourth-order valence-corrected chi connectivity index (χ4v) is 13.8. The molecule has 6 aromatic rings. The second kappa shape index (κ2) is 43.6. The van der Waals surface area contributed by atoms with Gasteiger partial charge in [-0.3, -0.25) is 19.4 Å². The maximum Gasteiger partial charge on any atom is 0.328 e. The molecule has 124 heavy (non-hydrogen) atoms. The highest BCUT2D eigenvalue weighted by molar-refractivity contribution is 5.98. The number of hydrogen-bond acceptors (Lipinski definition) is 23. The minimum atomic E-state index is -2.23. The van der Waals surface area contributed by atoms with Crippen LogP contribution in [0.15, 0.2) is 203 Å². The Balaban J connectivity index is 1.19. The molecule has 19 N–H and O–H groups in total. The van der Waals surface area contributed by atoms with Crippen LogP contribution in [-0.4, -0.2) is 320 Å². The maximum atomic E-state index is 15.5. The van der Waals surface area contributed by atoms with Crippen LogP contribution in [0.2, 0.25) is 0 Å². The molecule has 10 rings (SSSR count). The largest absolute Gasteiger partial charge is 0.508 e. The van der Waals surface area contributed by atoms with E-state index in [1.165, 1.54) is 90.8 Å². The predicted molar refractivity (Wildman–Crippen MR) is 462 cm³/mol. The number of ether oxygens (including phenoxy) is 2. The number of aliphatic hydroxyl groups is 14. The predicted octanol–water partition coefficient (Wildman–Crippen LogP) is 8.59. The summed E-state index contributed by atoms with van der Waals surface area (Å²) in [5, 5.41) is 209. The molecular weight excluding hydrogens is 1620 g/mol. The van der Waals surface area contributed by atoms with Crippen LogP contribution in [0.1, 0.15) is 99.5 Å². The highest BCUT2D eigenvalue weighted by Crippen LogP contribution is 2.28. The van der Waals surface area contributed by atoms with Crippen LogP contribution in [0, 0.1) is 0 Å². The number of aliphatic carboxylic acids is 1. The van der Waals surface area contributed by atoms with Crippen molar-refractivity contribution in [1.29, 1.82) is 0 Å². The number of aromatic amines is 1. The van der Waals surface area contributed by atoms with Crippen molar-refractivity contribution < 1.29 is 121 Å². The zero-order chi connectivity index (χ0) is 89.3. The monoisotopic (exact) mass is 1710 g/mol. The molecule has 40 nitrogen and oxygen atoms in total. The van der Waals surface area contributed by atoms with Gasteiger partial charge in [0, 0.05) is 75.6 Å². The summed E-state index contributed by atoms with van der Waals surface area (Å²) in [5.74, 6) is -18.8. The smallest absolute Gasteiger partial charge is 0.328 e. The Labute approximate surface area is 708 Å². The molecule has 4 aliphatic rings. The Morgan fingerprint density at radius 1 is 0.516 bits per heavy atom. The van der Waals surface area contributed by atoms with Crippen LogP contribution in [0.25, 0.3) is 10.9 Å². The number of aromatic nitrogens is 1. The van der Waals surface area contributed by atoms with E-state index >= 15 is 9.59 Å². The quantitative estimate of drug-likeness (QED) is 0.0193. The number of benzene rings is 5. The summed E-state index contributed by atoms with van der Waals surface area (Å²) < 4.78 is 11.6. The topological polar surface area (TPSA) is 643 Å². The van der Waals surface area contributed by atoms with Gasteiger partial charge in [0.05, 0.1) is 12.8 Å². The van der Waals surface area contributed by atoms with Crippen molar-refractivity contribution in [3.63, 3.8) is 0 Å². The van der Waals surface area contributed by atoms with E-state index in [9.17, 15) is 102 Å². The second-order valence-electron chi connectivity index (χ2n) is 29.6. The van der Waals surface area contributed by atoms with E-state index in [2.05, 4.69) is 74.9 Å². The number of carboxylic acids is 1. The number of carbonyl (C=O) groups excluding carboxylic acids is 3. The average Bonchev–Trinajstić information content (AvgIpc) is 1.63. The summed E-state index contributed by atoms with van der Waals surface area (Å²) in [5.41, 5.74) is 2.60. The van der Waals surface area contributed by atoms with E-state index in [1.807, 2.05) is 0 Å². The molecular formula is C84H98N16O24. The zero-order valence-corrected chi connectivity index (χ0v) is 67.3. The number of para-hydroxylation sites is 1. The Morgan fingerprint density at radius 2 is 1.06 bits per heavy atom. The molecule has 40 heteroatoms. The number of phenolic OH excluding ortho intramolecular Hbond substituents is 3. The SMILES string of the molecule is CC(O)=N[C@@H](Cc1ccc(O)cc1)C(O)=NCC(O)=NCC(O)=N[C@@H]1C(O)=N[C@@H](Cc2ccccc2)C(O)=N[C@H]2CCCCN=C(O)C[C@@H](C(O)=N[C@@H](Cc3ccc(O)cc3)C(=O)O)N=C(O)[C@H]3CCC(=O)OC[C@H](N=C(O)[C@@H]4CCCN4C(=O)[C@H](Cc4ccc(O)cc4)N=C2O)C(O)=N[C@@H](CC(=O)O[C@H]1C)C(O)=N[C@@H](Cc1c[nH]c2ccccc12)C(O)=N3. The molecule has 13 atom stereocenters. The number of aromatic hydroxyl groups is 3. The number of rotatable bonds is 20. The van der Waals surface area contributed by atoms with Gasteiger partial charge in [-0.25, -0.2) is 69.7 Å². The third kappa shape index (κ3) is 26.7. The van der Waals surface area contributed by atoms with E-state index in [4.69, 9.17) is 9.47 Å². The molecule has 1 fully saturated rings. The molecule has 0 saturated carbocycles. The van der Waals surface area contributed by atoms with Crippen molar-refractivity contribution in [2.24, 2.45) is 69.9 Å². The third-order valence-corrected chi connectivity index (χ3v) is 20.2. The molecule has 5 aromatic carbocycles. The number of hydrogen-bond donors (Lipinski definition) is 19. The first-order chi connectivity index (χ1) is 59.3. The normalized spacial score (nSPS) is 24.2. The lowest BCUT2D eigenvalue weighted by atomic mass is 10.0. The van der Waals surface area contributed by atoms with Gasteiger partial charge >= 0.3 is 17.9 Å². The highest BCUT2D eigenvalue weighted by Gasteiger charge is 2.40. The van der Waals surface area contributed by atoms with Gasteiger partial charge in [0.15, 0.2) is 29.9 Å². The van der Waals surface area contributed by atoms with Crippen molar-refractivity contribution in [1.82, 2.24) is 9.88 Å². The van der Waals surface area contributed by atoms with Gasteiger partial charge in [-0.15, -0.1) is 0 Å². The average molecular weight is 1720 g/mol. The van der Waals surface area contributed by atoms with Crippen molar-refractivity contribution >= 4 is 117 Å². The minimum Gasteiger partial charge on any atom is -0.508 e. The first-order valence-corrected chi connectivity index (χ1v) is 39.7. The standard InChI is InChI=1S/C84H98N16O24/c1-44-72(99-69(107)42-87-68(106)41-88-73(110)58(89-45(2)101)34-47-17-23-51(102)24-18-47)82(119)95-59(33-46-11-4-3-5-12-46)76(113)90-56-15-8-9-31-85-67(105)38-61(78(115)97-64(84(121)122)36-49-21-27-53(104)28-22-49)93-75(112)57-29-30-70(108)123-43-65(98-81(118)66-16-10-32-100(66)83(120)63(96-74(56)111)35-48-19-25-52(103)26-20-48)80(117)94-62(39-71(109)124-44)79(116)92-60(77(114)91-57)37-50-40-86-55-14-7-6-13-54(50)55/h3-7,11-14,17-28,40,44,56-66,72,86,102-104H,8-10,15-16,29-39,41-43H2,1-2H3,(H,85,105)(H,87,106)(H,88,110)(H,89,101)(H,90,113)(H,91,114)(H,92,116)(H,93,112)(H,94,117)(H,95,119)(H,96,111)(H,97,115)(H,98,118)(H,99,107)(H,121,122)/t44-,56-,57+,58-,59-,60-,61-,62-,63-,64-,65-,66-,72-/m0/s1. The van der Waals surface area contributed by atoms with Crippen molar-refractivity contribution in [3.05, 3.63) is 161 Å². The first kappa shape index (κ1) is 91.8. The second-order valence-corrected chi connectivity index (χ2v) is 29.6. The Morgan fingerprint density at radius 3 is 1.73 bits per heavy atom. The number of esters is 2. The number of cyclic esters (lactones) is 1. The number of amides is 1. The molecule has 0 aliphatic carbocycles. The summed E-state index contributed by atoms with van der Waals surface area (Å²) in [7, 11) is 0. The molecule has 5 heterocycles. The Bertz CT molecular complexity index is 5190. The van der Waals surface area contributed by atoms with Crippen molar-refractivity contribution in [2.45, 2.75) is 182 Å². The van der Waals surface area contributed by atoms with Crippen LogP contribution in [0.4, 0.5) is 0 Å². The molecule has 1 amide bonds. The fraction of sp³-hybridized carbons (Fsp3) is 0.405. The van der Waals surface area contributed by atoms with Crippen LogP contribution < -0.4 is 0 Å². The minimum absolute atomic E-state index is 0.0347. The third-order valence-electron chi connectivity index (χ3n) is 20.2. The summed E-state index contributed by atoms with van der Waals surface area (Å²) >= 11 is 0. The van der Waals surface area contributed by atoms with Gasteiger partial charge in [-0.05, 0) is 116 Å². The van der Waals surface area contributed by atoms with Gasteiger partial charge < -0.3 is 111 Å². The lowest BCUT2D eigenvalue weighted by Crippen LogP contribution is -2.46. The molecule has 0 spiro atoms. The van der Waals surface area contributed by atoms with Crippen LogP contribution >= 0.6 is 0 Å². The van der Waals surface area contributed by atoms with Gasteiger partial charge in [0.1, 0.15) is 97.4 Å². The Kier molecular flexibility index (Phi) is 32.3. The van der Waals surface area contributed by atoms with Gasteiger partial charge in [-0.1, -0.05) is 84.9 Å². The van der Waals surface area contributed by atoms with Crippen molar-refractivity contribution in [3.8, 4) is 17.2 Å². The summed E-state index contributed by atoms with van der Waals surface area (Å²) in [6.45, 7) is -0.822. The van der Waals surface area contributed by atoms with E-state index in [0.717, 1.165) is 6.92 Å². The zero-order valence-electron chi connectivity index (χ0n) is 67.3. The number of fused-ring (bicyclic) bond motifs is 10. The van der Waals surface area contributed by atoms with E-state index in [-0.39, 0.29) is 81.7 Å². The molecule has 4 bridgehead atoms. The molecule has 0 unspecified atom stereocenters. The number of nitrogens with zero attached hydrogens (tertiary/aromatic N) is 15. The number of carboxylic acid groups (broad SMARTS) is 1. The summed E-state index contributed by atoms with van der Waals surface area (Å²) in [6, 6.07) is 10.1. The van der Waals surface area contributed by atoms with Crippen molar-refractivity contribution in [2.75, 3.05) is 32.8 Å². The number of aliphatic imine (C=N–C) groups is 14.